The molecule has 1 aliphatic rings. The number of aliphatic hydroxyl groups excluding tert-OH is 1. The number of benzene rings is 1. The van der Waals surface area contributed by atoms with Crippen LogP contribution in [0.5, 0.6) is 0 Å². The summed E-state index contributed by atoms with van der Waals surface area (Å²) in [5.74, 6) is 1.28. The molecule has 3 N–H and O–H groups in total. The fraction of sp³-hybridized carbons (Fsp3) is 0.450. The van der Waals surface area contributed by atoms with Crippen molar-refractivity contribution in [1.29, 1.82) is 5.26 Å². The second kappa shape index (κ2) is 8.12. The van der Waals surface area contributed by atoms with Crippen LogP contribution in [-0.2, 0) is 6.42 Å². The minimum Gasteiger partial charge on any atom is -0.396 e. The van der Waals surface area contributed by atoms with Crippen LogP contribution in [0.25, 0.3) is 0 Å². The first-order chi connectivity index (χ1) is 12.9. The minimum absolute atomic E-state index is 0.0490. The van der Waals surface area contributed by atoms with E-state index in [1.165, 1.54) is 6.20 Å². The first kappa shape index (κ1) is 19.4. The van der Waals surface area contributed by atoms with Crippen LogP contribution in [0.3, 0.4) is 0 Å². The van der Waals surface area contributed by atoms with Crippen LogP contribution in [0.4, 0.5) is 11.8 Å². The quantitative estimate of drug-likeness (QED) is 0.675. The highest BCUT2D eigenvalue weighted by atomic mass is 35.5. The summed E-state index contributed by atoms with van der Waals surface area (Å²) in [4.78, 5) is 8.71. The average molecular weight is 386 g/mol. The molecule has 2 aromatic rings. The fourth-order valence-electron chi connectivity index (χ4n) is 3.41. The number of hydrogen-bond donors (Lipinski definition) is 3. The average Bonchev–Trinajstić information content (AvgIpc) is 2.65. The van der Waals surface area contributed by atoms with Gasteiger partial charge in [0.05, 0.1) is 6.20 Å². The van der Waals surface area contributed by atoms with Gasteiger partial charge >= 0.3 is 0 Å². The topological polar surface area (TPSA) is 93.9 Å². The molecule has 1 heterocycles. The number of halogens is 1. The Hall–Kier alpha value is -2.36. The molecule has 0 spiro atoms. The summed E-state index contributed by atoms with van der Waals surface area (Å²) in [6.07, 6.45) is 3.18. The Labute approximate surface area is 164 Å². The van der Waals surface area contributed by atoms with Crippen molar-refractivity contribution in [3.05, 3.63) is 46.6 Å². The van der Waals surface area contributed by atoms with Gasteiger partial charge in [0, 0.05) is 24.2 Å². The maximum atomic E-state index is 9.43. The van der Waals surface area contributed by atoms with Crippen molar-refractivity contribution < 1.29 is 5.11 Å². The number of hydrogen-bond acceptors (Lipinski definition) is 6. The molecule has 0 radical (unpaired) electrons. The third-order valence-electron chi connectivity index (χ3n) is 5.50. The number of nitriles is 1. The van der Waals surface area contributed by atoms with Crippen LogP contribution in [-0.4, -0.2) is 34.3 Å². The highest BCUT2D eigenvalue weighted by Crippen LogP contribution is 2.47. The van der Waals surface area contributed by atoms with Crippen molar-refractivity contribution in [3.63, 3.8) is 0 Å². The lowest BCUT2D eigenvalue weighted by atomic mass is 9.59. The number of rotatable bonds is 7. The SMILES string of the molecule is CC1(C)[C@H](CO)C[C@@H]1Nc1nc(NCCc2cccc(Cl)c2)ncc1C#N. The third-order valence-corrected chi connectivity index (χ3v) is 5.73. The van der Waals surface area contributed by atoms with Crippen LogP contribution in [0, 0.1) is 22.7 Å². The zero-order valence-electron chi connectivity index (χ0n) is 15.5. The second-order valence-electron chi connectivity index (χ2n) is 7.51. The molecule has 1 fully saturated rings. The molecule has 142 valence electrons. The van der Waals surface area contributed by atoms with E-state index in [-0.39, 0.29) is 24.0 Å². The van der Waals surface area contributed by atoms with Gasteiger partial charge in [-0.05, 0) is 41.9 Å². The van der Waals surface area contributed by atoms with E-state index in [0.29, 0.717) is 23.9 Å². The maximum absolute atomic E-state index is 9.43. The van der Waals surface area contributed by atoms with E-state index >= 15 is 0 Å². The van der Waals surface area contributed by atoms with Crippen molar-refractivity contribution in [1.82, 2.24) is 9.97 Å². The number of aromatic nitrogens is 2. The number of nitrogens with zero attached hydrogens (tertiary/aromatic N) is 3. The van der Waals surface area contributed by atoms with Crippen LogP contribution in [0.2, 0.25) is 5.02 Å². The minimum atomic E-state index is -0.0490. The Balaban J connectivity index is 1.64. The van der Waals surface area contributed by atoms with E-state index in [1.54, 1.807) is 0 Å². The lowest BCUT2D eigenvalue weighted by Crippen LogP contribution is -2.54. The molecule has 0 aliphatic heterocycles. The largest absolute Gasteiger partial charge is 0.396 e. The van der Waals surface area contributed by atoms with Gasteiger partial charge in [0.25, 0.3) is 0 Å². The first-order valence-electron chi connectivity index (χ1n) is 9.07. The summed E-state index contributed by atoms with van der Waals surface area (Å²) in [6, 6.07) is 10.0. The molecule has 1 aromatic heterocycles. The Morgan fingerprint density at radius 1 is 1.41 bits per heavy atom. The van der Waals surface area contributed by atoms with Crippen molar-refractivity contribution in [3.8, 4) is 6.07 Å². The van der Waals surface area contributed by atoms with Gasteiger partial charge in [0.1, 0.15) is 17.5 Å². The normalized spacial score (nSPS) is 20.4. The van der Waals surface area contributed by atoms with E-state index in [9.17, 15) is 10.4 Å². The molecule has 0 bridgehead atoms. The monoisotopic (exact) mass is 385 g/mol. The highest BCUT2D eigenvalue weighted by molar-refractivity contribution is 6.30. The van der Waals surface area contributed by atoms with Gasteiger partial charge in [0.2, 0.25) is 5.95 Å². The van der Waals surface area contributed by atoms with E-state index in [0.717, 1.165) is 23.4 Å². The van der Waals surface area contributed by atoms with Crippen molar-refractivity contribution in [2.24, 2.45) is 11.3 Å². The van der Waals surface area contributed by atoms with Crippen LogP contribution < -0.4 is 10.6 Å². The second-order valence-corrected chi connectivity index (χ2v) is 7.94. The molecule has 3 rings (SSSR count). The van der Waals surface area contributed by atoms with Gasteiger partial charge in [-0.15, -0.1) is 0 Å². The number of aliphatic hydroxyl groups is 1. The van der Waals surface area contributed by atoms with Crippen LogP contribution in [0.15, 0.2) is 30.5 Å². The fourth-order valence-corrected chi connectivity index (χ4v) is 3.62. The number of anilines is 2. The number of nitrogens with one attached hydrogen (secondary N) is 2. The Morgan fingerprint density at radius 2 is 2.22 bits per heavy atom. The first-order valence-corrected chi connectivity index (χ1v) is 9.44. The molecule has 0 unspecified atom stereocenters. The summed E-state index contributed by atoms with van der Waals surface area (Å²) < 4.78 is 0. The zero-order chi connectivity index (χ0) is 19.4. The Bertz CT molecular complexity index is 849. The molecule has 27 heavy (non-hydrogen) atoms. The third kappa shape index (κ3) is 4.32. The maximum Gasteiger partial charge on any atom is 0.224 e. The Kier molecular flexibility index (Phi) is 5.83. The standard InChI is InChI=1S/C20H24ClN5O/c1-20(2)15(12-27)9-17(20)25-18-14(10-22)11-24-19(26-18)23-7-6-13-4-3-5-16(21)8-13/h3-5,8,11,15,17,27H,6-7,9,12H2,1-2H3,(H2,23,24,25,26)/t15-,17-/m0/s1. The summed E-state index contributed by atoms with van der Waals surface area (Å²) in [5, 5.41) is 26.1. The van der Waals surface area contributed by atoms with Gasteiger partial charge in [-0.3, -0.25) is 0 Å². The van der Waals surface area contributed by atoms with Crippen molar-refractivity contribution in [2.45, 2.75) is 32.7 Å². The van der Waals surface area contributed by atoms with E-state index < -0.39 is 0 Å². The molecule has 0 saturated heterocycles. The molecule has 1 saturated carbocycles. The molecule has 2 atom stereocenters. The highest BCUT2D eigenvalue weighted by Gasteiger charge is 2.47. The zero-order valence-corrected chi connectivity index (χ0v) is 16.3. The van der Waals surface area contributed by atoms with Crippen LogP contribution in [0.1, 0.15) is 31.4 Å². The van der Waals surface area contributed by atoms with Gasteiger partial charge in [0.15, 0.2) is 0 Å². The predicted octanol–water partition coefficient (Wildman–Crippen LogP) is 3.48. The van der Waals surface area contributed by atoms with Gasteiger partial charge in [-0.2, -0.15) is 10.2 Å². The Morgan fingerprint density at radius 3 is 2.89 bits per heavy atom. The van der Waals surface area contributed by atoms with Crippen LogP contribution >= 0.6 is 11.6 Å². The molecular weight excluding hydrogens is 362 g/mol. The lowest BCUT2D eigenvalue weighted by Gasteiger charge is -2.52. The predicted molar refractivity (Wildman–Crippen MR) is 107 cm³/mol. The summed E-state index contributed by atoms with van der Waals surface area (Å²) in [6.45, 7) is 5.07. The molecule has 1 aliphatic carbocycles. The van der Waals surface area contributed by atoms with Gasteiger partial charge in [-0.25, -0.2) is 4.98 Å². The molecule has 1 aromatic carbocycles. The lowest BCUT2D eigenvalue weighted by molar-refractivity contribution is 0.00449. The van der Waals surface area contributed by atoms with Gasteiger partial charge < -0.3 is 15.7 Å². The van der Waals surface area contributed by atoms with E-state index in [2.05, 4.69) is 40.5 Å². The molecule has 6 nitrogen and oxygen atoms in total. The summed E-state index contributed by atoms with van der Waals surface area (Å²) in [5.41, 5.74) is 1.50. The smallest absolute Gasteiger partial charge is 0.224 e. The summed E-state index contributed by atoms with van der Waals surface area (Å²) in [7, 11) is 0. The molecule has 7 heteroatoms. The summed E-state index contributed by atoms with van der Waals surface area (Å²) >= 11 is 6.01. The molecule has 0 amide bonds. The van der Waals surface area contributed by atoms with Gasteiger partial charge in [-0.1, -0.05) is 37.6 Å². The van der Waals surface area contributed by atoms with Crippen molar-refractivity contribution in [2.75, 3.05) is 23.8 Å². The van der Waals surface area contributed by atoms with Crippen molar-refractivity contribution >= 4 is 23.4 Å². The van der Waals surface area contributed by atoms with E-state index in [1.807, 2.05) is 24.3 Å². The molecular formula is C20H24ClN5O. The van der Waals surface area contributed by atoms with E-state index in [4.69, 9.17) is 11.6 Å².